The minimum absolute atomic E-state index is 0.565. The van der Waals surface area contributed by atoms with Gasteiger partial charge in [0.15, 0.2) is 11.8 Å². The number of hydrogen-bond donors (Lipinski definition) is 1. The van der Waals surface area contributed by atoms with Crippen molar-refractivity contribution in [3.63, 3.8) is 0 Å². The average molecular weight is 441 g/mol. The molecule has 0 saturated carbocycles. The summed E-state index contributed by atoms with van der Waals surface area (Å²) in [5.41, 5.74) is 2.39. The quantitative estimate of drug-likeness (QED) is 0.469. The van der Waals surface area contributed by atoms with Gasteiger partial charge in [-0.2, -0.15) is 0 Å². The van der Waals surface area contributed by atoms with Gasteiger partial charge in [0.2, 0.25) is 0 Å². The maximum absolute atomic E-state index is 4.82. The van der Waals surface area contributed by atoms with E-state index in [-0.39, 0.29) is 0 Å². The molecule has 0 aliphatic rings. The molecule has 2 aromatic carbocycles. The molecule has 146 valence electrons. The molecule has 3 aromatic rings. The molecule has 0 saturated heterocycles. The van der Waals surface area contributed by atoms with E-state index in [4.69, 9.17) is 4.99 Å². The predicted octanol–water partition coefficient (Wildman–Crippen LogP) is 3.66. The summed E-state index contributed by atoms with van der Waals surface area (Å²) in [7, 11) is 4.01. The van der Waals surface area contributed by atoms with Gasteiger partial charge in [-0.3, -0.25) is 0 Å². The third kappa shape index (κ3) is 5.42. The molecule has 0 atom stereocenters. The van der Waals surface area contributed by atoms with Crippen molar-refractivity contribution in [2.45, 2.75) is 26.6 Å². The Hall–Kier alpha value is -2.67. The zero-order valence-electron chi connectivity index (χ0n) is 16.4. The Bertz CT molecular complexity index is 918. The summed E-state index contributed by atoms with van der Waals surface area (Å²) in [6, 6.07) is 18.6. The number of nitrogens with one attached hydrogen (secondary N) is 1. The number of aryl methyl sites for hydroxylation is 1. The summed E-state index contributed by atoms with van der Waals surface area (Å²) in [6.45, 7) is 3.88. The highest BCUT2D eigenvalue weighted by Gasteiger charge is 2.10. The Morgan fingerprint density at radius 1 is 1.07 bits per heavy atom. The normalized spacial score (nSPS) is 11.5. The molecule has 0 aliphatic carbocycles. The van der Waals surface area contributed by atoms with Crippen LogP contribution in [0.3, 0.4) is 0 Å². The molecule has 28 heavy (non-hydrogen) atoms. The molecule has 1 N–H and O–H groups in total. The summed E-state index contributed by atoms with van der Waals surface area (Å²) >= 11 is 3.49. The van der Waals surface area contributed by atoms with E-state index in [9.17, 15) is 0 Å². The third-order valence-electron chi connectivity index (χ3n) is 4.54. The van der Waals surface area contributed by atoms with Gasteiger partial charge in [-0.25, -0.2) is 4.99 Å². The van der Waals surface area contributed by atoms with Crippen LogP contribution in [0.4, 0.5) is 0 Å². The molecule has 1 heterocycles. The van der Waals surface area contributed by atoms with Crippen molar-refractivity contribution in [1.29, 1.82) is 0 Å². The monoisotopic (exact) mass is 440 g/mol. The number of halogens is 1. The Morgan fingerprint density at radius 2 is 1.79 bits per heavy atom. The Labute approximate surface area is 174 Å². The first-order valence-electron chi connectivity index (χ1n) is 9.15. The lowest BCUT2D eigenvalue weighted by atomic mass is 10.2. The van der Waals surface area contributed by atoms with E-state index >= 15 is 0 Å². The van der Waals surface area contributed by atoms with Gasteiger partial charge in [-0.1, -0.05) is 58.4 Å². The first kappa shape index (κ1) is 20.1. The predicted molar refractivity (Wildman–Crippen MR) is 116 cm³/mol. The number of guanidine groups is 1. The Morgan fingerprint density at radius 3 is 2.43 bits per heavy atom. The van der Waals surface area contributed by atoms with Crippen molar-refractivity contribution < 1.29 is 0 Å². The van der Waals surface area contributed by atoms with Crippen molar-refractivity contribution in [2.75, 3.05) is 7.05 Å². The average Bonchev–Trinajstić information content (AvgIpc) is 3.02. The second kappa shape index (κ2) is 9.50. The van der Waals surface area contributed by atoms with E-state index < -0.39 is 0 Å². The zero-order chi connectivity index (χ0) is 19.9. The van der Waals surface area contributed by atoms with Crippen molar-refractivity contribution in [1.82, 2.24) is 25.0 Å². The van der Waals surface area contributed by atoms with Crippen LogP contribution in [0.2, 0.25) is 0 Å². The molecule has 1 aromatic heterocycles. The van der Waals surface area contributed by atoms with Crippen LogP contribution in [0.1, 0.15) is 22.8 Å². The number of hydrogen-bond acceptors (Lipinski definition) is 3. The summed E-state index contributed by atoms with van der Waals surface area (Å²) < 4.78 is 3.06. The molecular formula is C21H25BrN6. The first-order valence-corrected chi connectivity index (χ1v) is 9.95. The van der Waals surface area contributed by atoms with Gasteiger partial charge in [0.1, 0.15) is 5.82 Å². The maximum atomic E-state index is 4.82. The van der Waals surface area contributed by atoms with Gasteiger partial charge >= 0.3 is 0 Å². The van der Waals surface area contributed by atoms with Crippen molar-refractivity contribution in [3.8, 4) is 0 Å². The van der Waals surface area contributed by atoms with Crippen molar-refractivity contribution in [3.05, 3.63) is 81.8 Å². The van der Waals surface area contributed by atoms with E-state index in [1.54, 1.807) is 0 Å². The second-order valence-electron chi connectivity index (χ2n) is 6.68. The zero-order valence-corrected chi connectivity index (χ0v) is 18.0. The molecule has 0 bridgehead atoms. The van der Waals surface area contributed by atoms with Crippen molar-refractivity contribution in [2.24, 2.45) is 12.0 Å². The van der Waals surface area contributed by atoms with Gasteiger partial charge in [0.25, 0.3) is 0 Å². The standard InChI is InChI=1S/C21H25BrN6/c1-16-25-26-20(28(16)3)14-24-21(23-13-17-7-5-4-6-8-17)27(2)15-18-9-11-19(22)12-10-18/h4-12H,13-15H2,1-3H3,(H,23,24). The molecular weight excluding hydrogens is 416 g/mol. The van der Waals surface area contributed by atoms with E-state index in [1.807, 2.05) is 43.8 Å². The molecule has 0 radical (unpaired) electrons. The van der Waals surface area contributed by atoms with Crippen LogP contribution in [-0.2, 0) is 26.7 Å². The largest absolute Gasteiger partial charge is 0.349 e. The molecule has 3 rings (SSSR count). The van der Waals surface area contributed by atoms with Gasteiger partial charge in [0.05, 0.1) is 13.1 Å². The summed E-state index contributed by atoms with van der Waals surface area (Å²) in [5, 5.41) is 11.8. The van der Waals surface area contributed by atoms with Crippen LogP contribution in [0.25, 0.3) is 0 Å². The van der Waals surface area contributed by atoms with E-state index in [0.717, 1.165) is 28.6 Å². The summed E-state index contributed by atoms with van der Waals surface area (Å²) in [5.74, 6) is 2.59. The van der Waals surface area contributed by atoms with Gasteiger partial charge in [-0.05, 0) is 30.2 Å². The highest BCUT2D eigenvalue weighted by molar-refractivity contribution is 9.10. The number of aromatic nitrogens is 3. The SMILES string of the molecule is Cc1nnc(CNC(=NCc2ccccc2)N(C)Cc2ccc(Br)cc2)n1C. The topological polar surface area (TPSA) is 58.3 Å². The smallest absolute Gasteiger partial charge is 0.194 e. The Balaban J connectivity index is 1.74. The van der Waals surface area contributed by atoms with Gasteiger partial charge < -0.3 is 14.8 Å². The summed E-state index contributed by atoms with van der Waals surface area (Å²) in [4.78, 5) is 6.94. The fourth-order valence-corrected chi connectivity index (χ4v) is 3.03. The van der Waals surface area contributed by atoms with Gasteiger partial charge in [-0.15, -0.1) is 10.2 Å². The van der Waals surface area contributed by atoms with Crippen LogP contribution >= 0.6 is 15.9 Å². The molecule has 0 amide bonds. The van der Waals surface area contributed by atoms with Crippen LogP contribution in [0.5, 0.6) is 0 Å². The number of rotatable bonds is 6. The molecule has 6 nitrogen and oxygen atoms in total. The lowest BCUT2D eigenvalue weighted by Gasteiger charge is -2.22. The lowest BCUT2D eigenvalue weighted by molar-refractivity contribution is 0.472. The highest BCUT2D eigenvalue weighted by atomic mass is 79.9. The third-order valence-corrected chi connectivity index (χ3v) is 5.06. The number of nitrogens with zero attached hydrogens (tertiary/aromatic N) is 5. The molecule has 0 fully saturated rings. The fourth-order valence-electron chi connectivity index (χ4n) is 2.76. The fraction of sp³-hybridized carbons (Fsp3) is 0.286. The Kier molecular flexibility index (Phi) is 6.81. The van der Waals surface area contributed by atoms with E-state index in [0.29, 0.717) is 13.1 Å². The minimum atomic E-state index is 0.565. The number of aliphatic imine (C=N–C) groups is 1. The molecule has 7 heteroatoms. The van der Waals surface area contributed by atoms with Crippen LogP contribution in [0.15, 0.2) is 64.1 Å². The lowest BCUT2D eigenvalue weighted by Crippen LogP contribution is -2.38. The molecule has 0 spiro atoms. The highest BCUT2D eigenvalue weighted by Crippen LogP contribution is 2.12. The van der Waals surface area contributed by atoms with E-state index in [1.165, 1.54) is 11.1 Å². The van der Waals surface area contributed by atoms with Gasteiger partial charge in [0, 0.05) is 25.1 Å². The molecule has 0 unspecified atom stereocenters. The minimum Gasteiger partial charge on any atom is -0.349 e. The second-order valence-corrected chi connectivity index (χ2v) is 7.60. The maximum Gasteiger partial charge on any atom is 0.194 e. The molecule has 0 aliphatic heterocycles. The van der Waals surface area contributed by atoms with Crippen LogP contribution in [-0.4, -0.2) is 32.7 Å². The van der Waals surface area contributed by atoms with Crippen LogP contribution < -0.4 is 5.32 Å². The number of benzene rings is 2. The van der Waals surface area contributed by atoms with Crippen molar-refractivity contribution >= 4 is 21.9 Å². The van der Waals surface area contributed by atoms with Crippen LogP contribution in [0, 0.1) is 6.92 Å². The first-order chi connectivity index (χ1) is 13.5. The summed E-state index contributed by atoms with van der Waals surface area (Å²) in [6.07, 6.45) is 0. The van der Waals surface area contributed by atoms with E-state index in [2.05, 4.69) is 72.7 Å².